The van der Waals surface area contributed by atoms with Gasteiger partial charge in [0.25, 0.3) is 5.91 Å². The number of rotatable bonds is 6. The number of carbonyl (C=O) groups excluding carboxylic acids is 1. The largest absolute Gasteiger partial charge is 0.481 e. The summed E-state index contributed by atoms with van der Waals surface area (Å²) < 4.78 is 5.65. The topological polar surface area (TPSA) is 61.8 Å². The first-order valence-corrected chi connectivity index (χ1v) is 7.92. The molecule has 1 unspecified atom stereocenters. The fourth-order valence-corrected chi connectivity index (χ4v) is 2.38. The van der Waals surface area contributed by atoms with Gasteiger partial charge in [-0.1, -0.05) is 23.7 Å². The predicted octanol–water partition coefficient (Wildman–Crippen LogP) is 3.30. The summed E-state index contributed by atoms with van der Waals surface area (Å²) in [6, 6.07) is 12.3. The second kappa shape index (κ2) is 8.04. The number of aliphatic hydroxyl groups excluding tert-OH is 1. The van der Waals surface area contributed by atoms with Crippen molar-refractivity contribution in [3.63, 3.8) is 0 Å². The van der Waals surface area contributed by atoms with E-state index in [2.05, 4.69) is 5.32 Å². The molecular formula is C18H21ClN2O3. The number of carbonyl (C=O) groups is 1. The molecule has 2 aromatic rings. The summed E-state index contributed by atoms with van der Waals surface area (Å²) in [5.74, 6) is 0.248. The van der Waals surface area contributed by atoms with Gasteiger partial charge in [-0.25, -0.2) is 0 Å². The normalized spacial score (nSPS) is 11.7. The zero-order valence-corrected chi connectivity index (χ0v) is 14.7. The first-order chi connectivity index (χ1) is 11.4. The van der Waals surface area contributed by atoms with Crippen molar-refractivity contribution >= 4 is 28.9 Å². The lowest BCUT2D eigenvalue weighted by molar-refractivity contribution is -0.122. The van der Waals surface area contributed by atoms with Gasteiger partial charge in [0.15, 0.2) is 6.10 Å². The third-order valence-electron chi connectivity index (χ3n) is 3.46. The maximum absolute atomic E-state index is 12.4. The highest BCUT2D eigenvalue weighted by molar-refractivity contribution is 6.31. The van der Waals surface area contributed by atoms with Crippen LogP contribution in [-0.2, 0) is 11.4 Å². The van der Waals surface area contributed by atoms with E-state index in [1.807, 2.05) is 25.1 Å². The molecule has 0 aliphatic carbocycles. The highest BCUT2D eigenvalue weighted by Gasteiger charge is 2.17. The van der Waals surface area contributed by atoms with Crippen LogP contribution in [-0.4, -0.2) is 31.2 Å². The molecule has 0 radical (unpaired) electrons. The zero-order valence-electron chi connectivity index (χ0n) is 13.9. The van der Waals surface area contributed by atoms with Gasteiger partial charge in [-0.3, -0.25) is 4.79 Å². The molecule has 1 amide bonds. The van der Waals surface area contributed by atoms with E-state index >= 15 is 0 Å². The standard InChI is InChI=1S/C18H21ClN2O3/c1-12(24-15-6-4-5-13(9-15)11-22)18(23)20-16-10-14(19)7-8-17(16)21(2)3/h4-10,12,22H,11H2,1-3H3,(H,20,23). The monoisotopic (exact) mass is 348 g/mol. The van der Waals surface area contributed by atoms with Gasteiger partial charge in [0.2, 0.25) is 0 Å². The average Bonchev–Trinajstić information content (AvgIpc) is 2.54. The quantitative estimate of drug-likeness (QED) is 0.840. The van der Waals surface area contributed by atoms with Crippen LogP contribution in [0.1, 0.15) is 12.5 Å². The minimum atomic E-state index is -0.701. The highest BCUT2D eigenvalue weighted by Crippen LogP contribution is 2.28. The Labute approximate surface area is 146 Å². The van der Waals surface area contributed by atoms with Crippen LogP contribution in [0.5, 0.6) is 5.75 Å². The molecule has 0 aliphatic heterocycles. The number of hydrogen-bond acceptors (Lipinski definition) is 4. The number of nitrogens with one attached hydrogen (secondary N) is 1. The summed E-state index contributed by atoms with van der Waals surface area (Å²) in [5.41, 5.74) is 2.20. The number of ether oxygens (including phenoxy) is 1. The Morgan fingerprint density at radius 3 is 2.71 bits per heavy atom. The van der Waals surface area contributed by atoms with Crippen molar-refractivity contribution in [2.75, 3.05) is 24.3 Å². The van der Waals surface area contributed by atoms with Gasteiger partial charge in [-0.2, -0.15) is 0 Å². The number of aliphatic hydroxyl groups is 1. The average molecular weight is 349 g/mol. The minimum absolute atomic E-state index is 0.0769. The Balaban J connectivity index is 2.10. The molecule has 0 bridgehead atoms. The van der Waals surface area contributed by atoms with Crippen LogP contribution in [0.15, 0.2) is 42.5 Å². The number of nitrogens with zero attached hydrogens (tertiary/aromatic N) is 1. The molecule has 5 nitrogen and oxygen atoms in total. The van der Waals surface area contributed by atoms with E-state index in [9.17, 15) is 4.79 Å². The van der Waals surface area contributed by atoms with Gasteiger partial charge in [-0.05, 0) is 42.8 Å². The molecule has 0 saturated carbocycles. The fraction of sp³-hybridized carbons (Fsp3) is 0.278. The minimum Gasteiger partial charge on any atom is -0.481 e. The molecule has 0 aliphatic rings. The summed E-state index contributed by atoms with van der Waals surface area (Å²) in [4.78, 5) is 14.3. The number of anilines is 2. The number of benzene rings is 2. The van der Waals surface area contributed by atoms with Crippen molar-refractivity contribution in [2.24, 2.45) is 0 Å². The molecule has 2 aromatic carbocycles. The third-order valence-corrected chi connectivity index (χ3v) is 3.70. The van der Waals surface area contributed by atoms with Crippen LogP contribution >= 0.6 is 11.6 Å². The summed E-state index contributed by atoms with van der Waals surface area (Å²) in [6.45, 7) is 1.59. The SMILES string of the molecule is CC(Oc1cccc(CO)c1)C(=O)Nc1cc(Cl)ccc1N(C)C. The van der Waals surface area contributed by atoms with E-state index in [-0.39, 0.29) is 12.5 Å². The Kier molecular flexibility index (Phi) is 6.06. The molecule has 0 fully saturated rings. The molecule has 2 N–H and O–H groups in total. The smallest absolute Gasteiger partial charge is 0.265 e. The maximum Gasteiger partial charge on any atom is 0.265 e. The van der Waals surface area contributed by atoms with Gasteiger partial charge < -0.3 is 20.1 Å². The second-order valence-corrected chi connectivity index (χ2v) is 6.05. The first-order valence-electron chi connectivity index (χ1n) is 7.55. The molecular weight excluding hydrogens is 328 g/mol. The van der Waals surface area contributed by atoms with E-state index in [0.717, 1.165) is 11.3 Å². The molecule has 128 valence electrons. The predicted molar refractivity (Wildman–Crippen MR) is 96.9 cm³/mol. The van der Waals surface area contributed by atoms with Crippen molar-refractivity contribution in [3.8, 4) is 5.75 Å². The van der Waals surface area contributed by atoms with Gasteiger partial charge in [0, 0.05) is 19.1 Å². The van der Waals surface area contributed by atoms with Crippen molar-refractivity contribution in [1.29, 1.82) is 0 Å². The number of hydrogen-bond donors (Lipinski definition) is 2. The Bertz CT molecular complexity index is 719. The molecule has 2 rings (SSSR count). The molecule has 6 heteroatoms. The second-order valence-electron chi connectivity index (χ2n) is 5.61. The number of halogens is 1. The zero-order chi connectivity index (χ0) is 17.7. The van der Waals surface area contributed by atoms with Crippen molar-refractivity contribution in [2.45, 2.75) is 19.6 Å². The summed E-state index contributed by atoms with van der Waals surface area (Å²) in [7, 11) is 3.78. The van der Waals surface area contributed by atoms with Crippen LogP contribution in [0.3, 0.4) is 0 Å². The van der Waals surface area contributed by atoms with E-state index in [0.29, 0.717) is 16.5 Å². The van der Waals surface area contributed by atoms with Crippen molar-refractivity contribution < 1.29 is 14.6 Å². The van der Waals surface area contributed by atoms with Crippen molar-refractivity contribution in [1.82, 2.24) is 0 Å². The van der Waals surface area contributed by atoms with Gasteiger partial charge in [-0.15, -0.1) is 0 Å². The van der Waals surface area contributed by atoms with Crippen LogP contribution in [0.25, 0.3) is 0 Å². The number of amides is 1. The maximum atomic E-state index is 12.4. The van der Waals surface area contributed by atoms with Gasteiger partial charge >= 0.3 is 0 Å². The van der Waals surface area contributed by atoms with E-state index in [4.69, 9.17) is 21.4 Å². The molecule has 0 aromatic heterocycles. The molecule has 0 saturated heterocycles. The summed E-state index contributed by atoms with van der Waals surface area (Å²) in [5, 5.41) is 12.5. The first kappa shape index (κ1) is 18.1. The Morgan fingerprint density at radius 2 is 2.04 bits per heavy atom. The van der Waals surface area contributed by atoms with Crippen LogP contribution in [0.2, 0.25) is 5.02 Å². The van der Waals surface area contributed by atoms with Gasteiger partial charge in [0.1, 0.15) is 5.75 Å². The lowest BCUT2D eigenvalue weighted by Crippen LogP contribution is -2.30. The lowest BCUT2D eigenvalue weighted by Gasteiger charge is -2.20. The Morgan fingerprint density at radius 1 is 1.29 bits per heavy atom. The van der Waals surface area contributed by atoms with E-state index in [1.54, 1.807) is 43.3 Å². The summed E-state index contributed by atoms with van der Waals surface area (Å²) >= 11 is 6.02. The molecule has 0 heterocycles. The molecule has 24 heavy (non-hydrogen) atoms. The van der Waals surface area contributed by atoms with Crippen LogP contribution < -0.4 is 15.0 Å². The highest BCUT2D eigenvalue weighted by atomic mass is 35.5. The fourth-order valence-electron chi connectivity index (χ4n) is 2.21. The van der Waals surface area contributed by atoms with Crippen LogP contribution in [0.4, 0.5) is 11.4 Å². The lowest BCUT2D eigenvalue weighted by atomic mass is 10.2. The van der Waals surface area contributed by atoms with Crippen molar-refractivity contribution in [3.05, 3.63) is 53.1 Å². The van der Waals surface area contributed by atoms with Gasteiger partial charge in [0.05, 0.1) is 18.0 Å². The molecule has 1 atom stereocenters. The summed E-state index contributed by atoms with van der Waals surface area (Å²) in [6.07, 6.45) is -0.701. The molecule has 0 spiro atoms. The Hall–Kier alpha value is -2.24. The third kappa shape index (κ3) is 4.63. The van der Waals surface area contributed by atoms with E-state index < -0.39 is 6.10 Å². The van der Waals surface area contributed by atoms with Crippen LogP contribution in [0, 0.1) is 0 Å². The van der Waals surface area contributed by atoms with E-state index in [1.165, 1.54) is 0 Å².